The molecule has 1 atom stereocenters. The molecule has 3 N–H and O–H groups in total. The predicted molar refractivity (Wildman–Crippen MR) is 82.6 cm³/mol. The maximum absolute atomic E-state index is 12.4. The monoisotopic (exact) mass is 303 g/mol. The van der Waals surface area contributed by atoms with Crippen LogP contribution in [0, 0.1) is 0 Å². The van der Waals surface area contributed by atoms with Gasteiger partial charge in [0.2, 0.25) is 5.91 Å². The fourth-order valence-electron chi connectivity index (χ4n) is 3.10. The van der Waals surface area contributed by atoms with Crippen LogP contribution in [0.4, 0.5) is 5.82 Å². The van der Waals surface area contributed by atoms with Crippen LogP contribution in [0.1, 0.15) is 23.2 Å². The molecule has 3 rings (SSSR count). The van der Waals surface area contributed by atoms with Gasteiger partial charge in [-0.3, -0.25) is 9.59 Å². The Hall–Kier alpha value is -2.15. The van der Waals surface area contributed by atoms with Crippen LogP contribution in [-0.2, 0) is 4.79 Å². The average molecular weight is 303 g/mol. The van der Waals surface area contributed by atoms with Crippen molar-refractivity contribution in [2.45, 2.75) is 18.9 Å². The van der Waals surface area contributed by atoms with Crippen LogP contribution in [-0.4, -0.2) is 60.5 Å². The Bertz CT molecular complexity index is 563. The minimum absolute atomic E-state index is 0.0254. The highest BCUT2D eigenvalue weighted by Crippen LogP contribution is 2.19. The molecule has 22 heavy (non-hydrogen) atoms. The summed E-state index contributed by atoms with van der Waals surface area (Å²) in [5, 5.41) is 3.24. The number of nitrogens with one attached hydrogen (secondary N) is 1. The van der Waals surface area contributed by atoms with Crippen LogP contribution in [0.3, 0.4) is 0 Å². The molecule has 1 aromatic rings. The zero-order valence-electron chi connectivity index (χ0n) is 12.5. The van der Waals surface area contributed by atoms with E-state index < -0.39 is 5.91 Å². The molecule has 1 aromatic heterocycles. The number of hydrogen-bond acceptors (Lipinski definition) is 5. The van der Waals surface area contributed by atoms with Gasteiger partial charge in [-0.15, -0.1) is 0 Å². The number of aromatic nitrogens is 1. The molecular formula is C15H21N5O2. The number of primary amides is 1. The van der Waals surface area contributed by atoms with Gasteiger partial charge >= 0.3 is 0 Å². The maximum Gasteiger partial charge on any atom is 0.252 e. The van der Waals surface area contributed by atoms with E-state index in [0.717, 1.165) is 19.4 Å². The van der Waals surface area contributed by atoms with Crippen molar-refractivity contribution in [3.05, 3.63) is 23.9 Å². The largest absolute Gasteiger partial charge is 0.365 e. The quantitative estimate of drug-likeness (QED) is 0.791. The lowest BCUT2D eigenvalue weighted by molar-refractivity contribution is -0.133. The average Bonchev–Trinajstić information content (AvgIpc) is 3.09. The highest BCUT2D eigenvalue weighted by atomic mass is 16.2. The first kappa shape index (κ1) is 14.8. The van der Waals surface area contributed by atoms with Crippen molar-refractivity contribution in [3.63, 3.8) is 0 Å². The van der Waals surface area contributed by atoms with Crippen molar-refractivity contribution in [1.29, 1.82) is 0 Å². The summed E-state index contributed by atoms with van der Waals surface area (Å²) in [6.45, 7) is 3.54. The number of anilines is 1. The zero-order chi connectivity index (χ0) is 15.5. The number of carbonyl (C=O) groups is 2. The fraction of sp³-hybridized carbons (Fsp3) is 0.533. The van der Waals surface area contributed by atoms with Crippen molar-refractivity contribution in [2.24, 2.45) is 5.73 Å². The molecular weight excluding hydrogens is 282 g/mol. The lowest BCUT2D eigenvalue weighted by Gasteiger charge is -2.37. The number of nitrogens with zero attached hydrogens (tertiary/aromatic N) is 3. The van der Waals surface area contributed by atoms with Crippen molar-refractivity contribution < 1.29 is 9.59 Å². The highest BCUT2D eigenvalue weighted by molar-refractivity contribution is 5.97. The van der Waals surface area contributed by atoms with Crippen LogP contribution in [0.15, 0.2) is 18.3 Å². The molecule has 7 heteroatoms. The Labute approximate surface area is 129 Å². The van der Waals surface area contributed by atoms with Crippen molar-refractivity contribution >= 4 is 17.6 Å². The molecule has 0 radical (unpaired) electrons. The first-order valence-corrected chi connectivity index (χ1v) is 7.69. The van der Waals surface area contributed by atoms with Gasteiger partial charge in [0.1, 0.15) is 5.82 Å². The third-order valence-corrected chi connectivity index (χ3v) is 4.30. The second-order valence-electron chi connectivity index (χ2n) is 5.70. The number of amides is 2. The molecule has 2 aliphatic rings. The summed E-state index contributed by atoms with van der Waals surface area (Å²) in [5.41, 5.74) is 5.83. The SMILES string of the molecule is NC(=O)c1cccnc1N1CCN(C(=O)[C@H]2CCCN2)CC1. The summed E-state index contributed by atoms with van der Waals surface area (Å²) >= 11 is 0. The van der Waals surface area contributed by atoms with Gasteiger partial charge in [-0.2, -0.15) is 0 Å². The lowest BCUT2D eigenvalue weighted by Crippen LogP contribution is -2.53. The van der Waals surface area contributed by atoms with Crippen LogP contribution >= 0.6 is 0 Å². The van der Waals surface area contributed by atoms with Gasteiger partial charge in [0.05, 0.1) is 11.6 Å². The number of carbonyl (C=O) groups excluding carboxylic acids is 2. The second-order valence-corrected chi connectivity index (χ2v) is 5.70. The van der Waals surface area contributed by atoms with Gasteiger partial charge in [0.25, 0.3) is 5.91 Å². The smallest absolute Gasteiger partial charge is 0.252 e. The van der Waals surface area contributed by atoms with Crippen LogP contribution < -0.4 is 16.0 Å². The van der Waals surface area contributed by atoms with Gasteiger partial charge in [-0.25, -0.2) is 4.98 Å². The van der Waals surface area contributed by atoms with Gasteiger partial charge in [-0.1, -0.05) is 0 Å². The second kappa shape index (κ2) is 6.31. The van der Waals surface area contributed by atoms with Crippen molar-refractivity contribution in [2.75, 3.05) is 37.6 Å². The van der Waals surface area contributed by atoms with Crippen LogP contribution in [0.25, 0.3) is 0 Å². The van der Waals surface area contributed by atoms with Gasteiger partial charge in [0.15, 0.2) is 0 Å². The summed E-state index contributed by atoms with van der Waals surface area (Å²) in [6, 6.07) is 3.36. The molecule has 0 saturated carbocycles. The van der Waals surface area contributed by atoms with E-state index in [1.54, 1.807) is 18.3 Å². The van der Waals surface area contributed by atoms with E-state index in [1.807, 2.05) is 9.80 Å². The van der Waals surface area contributed by atoms with E-state index in [0.29, 0.717) is 37.6 Å². The summed E-state index contributed by atoms with van der Waals surface area (Å²) in [6.07, 6.45) is 3.64. The summed E-state index contributed by atoms with van der Waals surface area (Å²) in [7, 11) is 0. The first-order valence-electron chi connectivity index (χ1n) is 7.69. The molecule has 0 aromatic carbocycles. The highest BCUT2D eigenvalue weighted by Gasteiger charge is 2.30. The molecule has 118 valence electrons. The van der Waals surface area contributed by atoms with Crippen molar-refractivity contribution in [1.82, 2.24) is 15.2 Å². The number of piperazine rings is 1. The molecule has 3 heterocycles. The standard InChI is InChI=1S/C15H21N5O2/c16-13(21)11-3-1-6-18-14(11)19-7-9-20(10-8-19)15(22)12-4-2-5-17-12/h1,3,6,12,17H,2,4-5,7-10H2,(H2,16,21)/t12-/m1/s1. The van der Waals surface area contributed by atoms with Gasteiger partial charge < -0.3 is 20.9 Å². The maximum atomic E-state index is 12.4. The molecule has 0 bridgehead atoms. The minimum atomic E-state index is -0.475. The summed E-state index contributed by atoms with van der Waals surface area (Å²) in [5.74, 6) is 0.325. The molecule has 0 spiro atoms. The molecule has 2 fully saturated rings. The number of rotatable bonds is 3. The Morgan fingerprint density at radius 1 is 1.27 bits per heavy atom. The number of hydrogen-bond donors (Lipinski definition) is 2. The van der Waals surface area contributed by atoms with E-state index in [9.17, 15) is 9.59 Å². The molecule has 2 amide bonds. The number of pyridine rings is 1. The third-order valence-electron chi connectivity index (χ3n) is 4.30. The molecule has 0 unspecified atom stereocenters. The Morgan fingerprint density at radius 3 is 2.68 bits per heavy atom. The Kier molecular flexibility index (Phi) is 4.24. The Morgan fingerprint density at radius 2 is 2.05 bits per heavy atom. The van der Waals surface area contributed by atoms with Crippen LogP contribution in [0.2, 0.25) is 0 Å². The van der Waals surface area contributed by atoms with Gasteiger partial charge in [-0.05, 0) is 31.5 Å². The minimum Gasteiger partial charge on any atom is -0.365 e. The van der Waals surface area contributed by atoms with E-state index in [1.165, 1.54) is 0 Å². The van der Waals surface area contributed by atoms with E-state index in [-0.39, 0.29) is 11.9 Å². The normalized spacial score (nSPS) is 21.9. The predicted octanol–water partition coefficient (Wildman–Crippen LogP) is -0.419. The molecule has 0 aliphatic carbocycles. The summed E-state index contributed by atoms with van der Waals surface area (Å²) in [4.78, 5) is 32.1. The Balaban J connectivity index is 1.64. The molecule has 2 saturated heterocycles. The van der Waals surface area contributed by atoms with Crippen molar-refractivity contribution in [3.8, 4) is 0 Å². The third kappa shape index (κ3) is 2.89. The van der Waals surface area contributed by atoms with E-state index >= 15 is 0 Å². The fourth-order valence-corrected chi connectivity index (χ4v) is 3.10. The first-order chi connectivity index (χ1) is 10.7. The van der Waals surface area contributed by atoms with Gasteiger partial charge in [0, 0.05) is 32.4 Å². The topological polar surface area (TPSA) is 91.6 Å². The molecule has 7 nitrogen and oxygen atoms in total. The lowest BCUT2D eigenvalue weighted by atomic mass is 10.1. The summed E-state index contributed by atoms with van der Waals surface area (Å²) < 4.78 is 0. The van der Waals surface area contributed by atoms with Crippen LogP contribution in [0.5, 0.6) is 0 Å². The van der Waals surface area contributed by atoms with E-state index in [2.05, 4.69) is 10.3 Å². The molecule has 2 aliphatic heterocycles. The van der Waals surface area contributed by atoms with E-state index in [4.69, 9.17) is 5.73 Å². The number of nitrogens with two attached hydrogens (primary N) is 1. The zero-order valence-corrected chi connectivity index (χ0v) is 12.5.